The number of nitro groups is 1. The van der Waals surface area contributed by atoms with Crippen molar-refractivity contribution in [1.82, 2.24) is 0 Å². The van der Waals surface area contributed by atoms with Crippen molar-refractivity contribution in [2.75, 3.05) is 0 Å². The van der Waals surface area contributed by atoms with Gasteiger partial charge in [-0.05, 0) is 23.8 Å². The molecule has 110 valence electrons. The number of rotatable bonds is 3. The molecule has 0 N–H and O–H groups in total. The highest BCUT2D eigenvalue weighted by Gasteiger charge is 2.31. The SMILES string of the molecule is O=[N+]([O-])c1cccc(F)c1-c1cccc(OC(F)(F)F)c1. The maximum absolute atomic E-state index is 13.8. The van der Waals surface area contributed by atoms with Crippen molar-refractivity contribution in [2.24, 2.45) is 0 Å². The van der Waals surface area contributed by atoms with Gasteiger partial charge in [0.15, 0.2) is 0 Å². The fourth-order valence-corrected chi connectivity index (χ4v) is 1.80. The number of alkyl halides is 3. The predicted octanol–water partition coefficient (Wildman–Crippen LogP) is 4.30. The molecule has 0 saturated heterocycles. The molecule has 21 heavy (non-hydrogen) atoms. The van der Waals surface area contributed by atoms with E-state index in [0.717, 1.165) is 30.3 Å². The van der Waals surface area contributed by atoms with Gasteiger partial charge in [0.1, 0.15) is 11.6 Å². The van der Waals surface area contributed by atoms with Crippen molar-refractivity contribution in [3.05, 3.63) is 58.4 Å². The Hall–Kier alpha value is -2.64. The summed E-state index contributed by atoms with van der Waals surface area (Å²) in [5.41, 5.74) is -1.02. The van der Waals surface area contributed by atoms with Crippen LogP contribution in [0.1, 0.15) is 0 Å². The van der Waals surface area contributed by atoms with Crippen LogP contribution in [0.2, 0.25) is 0 Å². The maximum atomic E-state index is 13.8. The van der Waals surface area contributed by atoms with Crippen LogP contribution in [0, 0.1) is 15.9 Å². The van der Waals surface area contributed by atoms with Crippen LogP contribution in [-0.2, 0) is 0 Å². The Balaban J connectivity index is 2.53. The van der Waals surface area contributed by atoms with Crippen LogP contribution in [0.15, 0.2) is 42.5 Å². The van der Waals surface area contributed by atoms with Gasteiger partial charge in [-0.3, -0.25) is 10.1 Å². The first-order valence-electron chi connectivity index (χ1n) is 5.57. The second-order valence-corrected chi connectivity index (χ2v) is 3.97. The van der Waals surface area contributed by atoms with Crippen molar-refractivity contribution in [3.8, 4) is 16.9 Å². The van der Waals surface area contributed by atoms with Gasteiger partial charge in [0.2, 0.25) is 0 Å². The quantitative estimate of drug-likeness (QED) is 0.482. The summed E-state index contributed by atoms with van der Waals surface area (Å²) >= 11 is 0. The number of ether oxygens (including phenoxy) is 1. The highest BCUT2D eigenvalue weighted by atomic mass is 19.4. The van der Waals surface area contributed by atoms with Crippen LogP contribution in [0.3, 0.4) is 0 Å². The van der Waals surface area contributed by atoms with Crippen LogP contribution >= 0.6 is 0 Å². The Morgan fingerprint density at radius 2 is 1.76 bits per heavy atom. The summed E-state index contributed by atoms with van der Waals surface area (Å²) in [5, 5.41) is 10.9. The molecule has 0 aliphatic carbocycles. The molecule has 0 fully saturated rings. The lowest BCUT2D eigenvalue weighted by molar-refractivity contribution is -0.384. The molecule has 2 rings (SSSR count). The van der Waals surface area contributed by atoms with E-state index < -0.39 is 34.1 Å². The van der Waals surface area contributed by atoms with Gasteiger partial charge in [0.25, 0.3) is 5.69 Å². The van der Waals surface area contributed by atoms with Crippen molar-refractivity contribution in [1.29, 1.82) is 0 Å². The van der Waals surface area contributed by atoms with E-state index in [1.165, 1.54) is 12.1 Å². The fourth-order valence-electron chi connectivity index (χ4n) is 1.80. The molecule has 2 aromatic carbocycles. The molecule has 0 radical (unpaired) electrons. The fraction of sp³-hybridized carbons (Fsp3) is 0.0769. The molecular weight excluding hydrogens is 294 g/mol. The first kappa shape index (κ1) is 14.8. The highest BCUT2D eigenvalue weighted by Crippen LogP contribution is 2.35. The van der Waals surface area contributed by atoms with Crippen molar-refractivity contribution in [3.63, 3.8) is 0 Å². The van der Waals surface area contributed by atoms with Crippen LogP contribution in [-0.4, -0.2) is 11.3 Å². The molecule has 0 amide bonds. The minimum Gasteiger partial charge on any atom is -0.406 e. The normalized spacial score (nSPS) is 11.2. The molecule has 8 heteroatoms. The molecule has 0 saturated carbocycles. The summed E-state index contributed by atoms with van der Waals surface area (Å²) in [6.07, 6.45) is -4.90. The van der Waals surface area contributed by atoms with Gasteiger partial charge in [-0.15, -0.1) is 13.2 Å². The Morgan fingerprint density at radius 1 is 1.10 bits per heavy atom. The van der Waals surface area contributed by atoms with E-state index in [-0.39, 0.29) is 5.56 Å². The summed E-state index contributed by atoms with van der Waals surface area (Å²) < 4.78 is 54.0. The first-order chi connectivity index (χ1) is 9.78. The van der Waals surface area contributed by atoms with Crippen LogP contribution in [0.5, 0.6) is 5.75 Å². The van der Waals surface area contributed by atoms with Gasteiger partial charge in [-0.25, -0.2) is 4.39 Å². The van der Waals surface area contributed by atoms with Crippen molar-refractivity contribution >= 4 is 5.69 Å². The number of nitrogens with zero attached hydrogens (tertiary/aromatic N) is 1. The average Bonchev–Trinajstić information content (AvgIpc) is 2.36. The number of hydrogen-bond acceptors (Lipinski definition) is 3. The zero-order chi connectivity index (χ0) is 15.6. The number of halogens is 4. The Labute approximate surface area is 115 Å². The van der Waals surface area contributed by atoms with Gasteiger partial charge >= 0.3 is 6.36 Å². The minimum absolute atomic E-state index is 0.0819. The third kappa shape index (κ3) is 3.47. The van der Waals surface area contributed by atoms with E-state index in [1.54, 1.807) is 0 Å². The number of hydrogen-bond donors (Lipinski definition) is 0. The lowest BCUT2D eigenvalue weighted by Crippen LogP contribution is -2.17. The molecule has 0 heterocycles. The number of benzene rings is 2. The molecule has 0 aliphatic rings. The molecule has 0 aliphatic heterocycles. The largest absolute Gasteiger partial charge is 0.573 e. The molecular formula is C13H7F4NO3. The molecule has 0 atom stereocenters. The Kier molecular flexibility index (Phi) is 3.79. The average molecular weight is 301 g/mol. The van der Waals surface area contributed by atoms with Crippen molar-refractivity contribution < 1.29 is 27.2 Å². The van der Waals surface area contributed by atoms with Gasteiger partial charge in [-0.2, -0.15) is 0 Å². The van der Waals surface area contributed by atoms with E-state index in [1.807, 2.05) is 0 Å². The monoisotopic (exact) mass is 301 g/mol. The standard InChI is InChI=1S/C13H7F4NO3/c14-10-5-2-6-11(18(19)20)12(10)8-3-1-4-9(7-8)21-13(15,16)17/h1-7H. The van der Waals surface area contributed by atoms with Crippen LogP contribution in [0.4, 0.5) is 23.2 Å². The Bertz CT molecular complexity index is 685. The zero-order valence-electron chi connectivity index (χ0n) is 10.2. The van der Waals surface area contributed by atoms with Crippen LogP contribution < -0.4 is 4.74 Å². The third-order valence-electron chi connectivity index (χ3n) is 2.54. The van der Waals surface area contributed by atoms with E-state index >= 15 is 0 Å². The molecule has 2 aromatic rings. The number of nitro benzene ring substituents is 1. The molecule has 0 bridgehead atoms. The minimum atomic E-state index is -4.90. The van der Waals surface area contributed by atoms with Crippen LogP contribution in [0.25, 0.3) is 11.1 Å². The zero-order valence-corrected chi connectivity index (χ0v) is 10.2. The Morgan fingerprint density at radius 3 is 2.38 bits per heavy atom. The second-order valence-electron chi connectivity index (χ2n) is 3.97. The molecule has 0 unspecified atom stereocenters. The lowest BCUT2D eigenvalue weighted by atomic mass is 10.0. The van der Waals surface area contributed by atoms with E-state index in [0.29, 0.717) is 0 Å². The van der Waals surface area contributed by atoms with E-state index in [4.69, 9.17) is 0 Å². The van der Waals surface area contributed by atoms with Gasteiger partial charge in [-0.1, -0.05) is 18.2 Å². The third-order valence-corrected chi connectivity index (χ3v) is 2.54. The van der Waals surface area contributed by atoms with E-state index in [9.17, 15) is 27.7 Å². The highest BCUT2D eigenvalue weighted by molar-refractivity contribution is 5.74. The summed E-state index contributed by atoms with van der Waals surface area (Å²) in [6, 6.07) is 7.55. The first-order valence-corrected chi connectivity index (χ1v) is 5.57. The lowest BCUT2D eigenvalue weighted by Gasteiger charge is -2.10. The second kappa shape index (κ2) is 5.39. The predicted molar refractivity (Wildman–Crippen MR) is 65.2 cm³/mol. The smallest absolute Gasteiger partial charge is 0.406 e. The summed E-state index contributed by atoms with van der Waals surface area (Å²) in [4.78, 5) is 10.1. The van der Waals surface area contributed by atoms with E-state index in [2.05, 4.69) is 4.74 Å². The van der Waals surface area contributed by atoms with Gasteiger partial charge in [0, 0.05) is 6.07 Å². The molecule has 0 spiro atoms. The summed E-state index contributed by atoms with van der Waals surface area (Å²) in [7, 11) is 0. The molecule has 4 nitrogen and oxygen atoms in total. The van der Waals surface area contributed by atoms with Crippen molar-refractivity contribution in [2.45, 2.75) is 6.36 Å². The summed E-state index contributed by atoms with van der Waals surface area (Å²) in [6.45, 7) is 0. The van der Waals surface area contributed by atoms with Gasteiger partial charge in [0.05, 0.1) is 10.5 Å². The topological polar surface area (TPSA) is 52.4 Å². The van der Waals surface area contributed by atoms with Gasteiger partial charge < -0.3 is 4.74 Å². The summed E-state index contributed by atoms with van der Waals surface area (Å²) in [5.74, 6) is -1.49. The molecule has 0 aromatic heterocycles. The maximum Gasteiger partial charge on any atom is 0.573 e.